The molecule has 0 aliphatic carbocycles. The molecule has 3 aromatic heterocycles. The number of alkyl halides is 1. The molecule has 0 radical (unpaired) electrons. The van der Waals surface area contributed by atoms with E-state index >= 15 is 0 Å². The zero-order valence-corrected chi connectivity index (χ0v) is 58.4. The first-order chi connectivity index (χ1) is 48.5. The first kappa shape index (κ1) is 76.8. The van der Waals surface area contributed by atoms with Crippen molar-refractivity contribution in [3.05, 3.63) is 95.0 Å². The Morgan fingerprint density at radius 2 is 1.46 bits per heavy atom. The zero-order chi connectivity index (χ0) is 72.9. The number of ether oxygens (including phenoxy) is 6. The molecule has 3 aromatic carbocycles. The maximum absolute atomic E-state index is 14.6. The number of H-pyrrole nitrogens is 2. The van der Waals surface area contributed by atoms with Gasteiger partial charge in [0.1, 0.15) is 23.4 Å². The Balaban J connectivity index is 0.000000404. The third-order valence-electron chi connectivity index (χ3n) is 16.7. The van der Waals surface area contributed by atoms with Crippen LogP contribution in [0.25, 0.3) is 32.8 Å². The van der Waals surface area contributed by atoms with Gasteiger partial charge in [-0.3, -0.25) is 43.3 Å². The van der Waals surface area contributed by atoms with E-state index in [0.29, 0.717) is 140 Å². The van der Waals surface area contributed by atoms with E-state index in [4.69, 9.17) is 50.2 Å². The number of urea groups is 1. The molecule has 3 atom stereocenters. The number of carbonyl (C=O) groups is 11. The molecule has 1 saturated heterocycles. The number of anilines is 3. The lowest BCUT2D eigenvalue weighted by atomic mass is 9.95. The average Bonchev–Trinajstić information content (AvgIpc) is 1.58. The molecular formula is C69H88ClN13O18. The fourth-order valence-electron chi connectivity index (χ4n) is 11.5. The summed E-state index contributed by atoms with van der Waals surface area (Å²) >= 11 is 6.59. The topological polar surface area (TPSA) is 399 Å². The number of amides is 11. The number of halogens is 1. The van der Waals surface area contributed by atoms with Crippen LogP contribution in [0.3, 0.4) is 0 Å². The van der Waals surface area contributed by atoms with E-state index in [-0.39, 0.29) is 91.2 Å². The van der Waals surface area contributed by atoms with Crippen LogP contribution in [0.4, 0.5) is 26.7 Å². The smallest absolute Gasteiger partial charge is 0.415 e. The lowest BCUT2D eigenvalue weighted by Crippen LogP contribution is -2.54. The molecule has 32 heteroatoms. The van der Waals surface area contributed by atoms with Gasteiger partial charge in [-0.25, -0.2) is 14.4 Å². The van der Waals surface area contributed by atoms with Gasteiger partial charge in [0.2, 0.25) is 23.6 Å². The van der Waals surface area contributed by atoms with Crippen LogP contribution in [-0.4, -0.2) is 227 Å². The molecule has 31 nitrogen and oxygen atoms in total. The SMILES string of the molecule is CCCOCCOCCOCCOCCNC(=O)CCN1C(=O)C=CC1=O.COC(=O)c1c(C)[nH]c2c(OC(=O)N3CCN(C)CC3)cc3c(c12)[C@H](CCl)CN3C(=O)c1cc2cc(NC(=O)c3cc4cccc(NC(=O)[C@H](CCCNC(N)=O)NC(=O)[C@@H](NC(C)=O)C(C)C)c4[nH]3)ccc2o1. The van der Waals surface area contributed by atoms with Crippen LogP contribution in [0.2, 0.25) is 0 Å². The molecule has 544 valence electrons. The second-order valence-corrected chi connectivity index (χ2v) is 24.8. The quantitative estimate of drug-likeness (QED) is 0.0108. The molecule has 6 heterocycles. The number of hydrogen-bond donors (Lipinski definition) is 9. The van der Waals surface area contributed by atoms with Crippen LogP contribution < -0.4 is 47.3 Å². The van der Waals surface area contributed by atoms with Gasteiger partial charge in [0.15, 0.2) is 11.5 Å². The number of imide groups is 1. The number of aromatic amines is 2. The van der Waals surface area contributed by atoms with Crippen molar-refractivity contribution in [2.75, 3.05) is 141 Å². The van der Waals surface area contributed by atoms with Gasteiger partial charge in [0.05, 0.1) is 81.3 Å². The number of rotatable bonds is 33. The molecule has 0 unspecified atom stereocenters. The van der Waals surface area contributed by atoms with Crippen molar-refractivity contribution in [1.29, 1.82) is 0 Å². The summed E-state index contributed by atoms with van der Waals surface area (Å²) in [7, 11) is 3.24. The first-order valence-corrected chi connectivity index (χ1v) is 33.8. The lowest BCUT2D eigenvalue weighted by molar-refractivity contribution is -0.137. The van der Waals surface area contributed by atoms with Crippen molar-refractivity contribution in [2.45, 2.75) is 78.3 Å². The van der Waals surface area contributed by atoms with Gasteiger partial charge in [-0.2, -0.15) is 0 Å². The van der Waals surface area contributed by atoms with Crippen LogP contribution in [0.15, 0.2) is 71.2 Å². The molecule has 11 amide bonds. The number of furan rings is 1. The number of hydrogen-bond acceptors (Lipinski definition) is 19. The highest BCUT2D eigenvalue weighted by molar-refractivity contribution is 6.20. The minimum Gasteiger partial charge on any atom is -0.465 e. The van der Waals surface area contributed by atoms with Gasteiger partial charge in [-0.15, -0.1) is 11.6 Å². The number of nitrogens with zero attached hydrogens (tertiary/aromatic N) is 4. The van der Waals surface area contributed by atoms with Crippen molar-refractivity contribution in [2.24, 2.45) is 11.7 Å². The highest BCUT2D eigenvalue weighted by atomic mass is 35.5. The van der Waals surface area contributed by atoms with E-state index in [9.17, 15) is 52.7 Å². The van der Waals surface area contributed by atoms with E-state index in [1.807, 2.05) is 7.05 Å². The highest BCUT2D eigenvalue weighted by Gasteiger charge is 2.40. The minimum atomic E-state index is -1.08. The molecular weight excluding hydrogens is 1330 g/mol. The van der Waals surface area contributed by atoms with Crippen molar-refractivity contribution in [3.63, 3.8) is 0 Å². The first-order valence-electron chi connectivity index (χ1n) is 33.3. The summed E-state index contributed by atoms with van der Waals surface area (Å²) < 4.78 is 38.6. The number of para-hydroxylation sites is 1. The molecule has 3 aliphatic heterocycles. The number of aromatic nitrogens is 2. The van der Waals surface area contributed by atoms with E-state index in [1.54, 1.807) is 80.3 Å². The van der Waals surface area contributed by atoms with Crippen LogP contribution in [-0.2, 0) is 52.5 Å². The Morgan fingerprint density at radius 1 is 0.772 bits per heavy atom. The Morgan fingerprint density at radius 3 is 2.10 bits per heavy atom. The summed E-state index contributed by atoms with van der Waals surface area (Å²) in [5.74, 6) is -4.77. The monoisotopic (exact) mass is 1420 g/mol. The van der Waals surface area contributed by atoms with E-state index < -0.39 is 65.6 Å². The third kappa shape index (κ3) is 20.6. The van der Waals surface area contributed by atoms with Gasteiger partial charge in [0.25, 0.3) is 23.6 Å². The number of nitrogens with two attached hydrogens (primary N) is 1. The van der Waals surface area contributed by atoms with Crippen LogP contribution in [0, 0.1) is 12.8 Å². The van der Waals surface area contributed by atoms with Crippen molar-refractivity contribution in [3.8, 4) is 5.75 Å². The fraction of sp³-hybridized carbons (Fsp3) is 0.464. The Hall–Kier alpha value is -9.92. The summed E-state index contributed by atoms with van der Waals surface area (Å²) in [6.45, 7) is 15.7. The van der Waals surface area contributed by atoms with Gasteiger partial charge in [0, 0.05) is 130 Å². The maximum Gasteiger partial charge on any atom is 0.415 e. The van der Waals surface area contributed by atoms with E-state index in [1.165, 1.54) is 31.1 Å². The normalized spacial score (nSPS) is 14.9. The number of aryl methyl sites for hydroxylation is 1. The number of esters is 1. The summed E-state index contributed by atoms with van der Waals surface area (Å²) in [5, 5.41) is 17.7. The number of primary amides is 1. The second kappa shape index (κ2) is 37.0. The number of methoxy groups -OCH3 is 1. The van der Waals surface area contributed by atoms with E-state index in [0.717, 1.165) is 17.9 Å². The maximum atomic E-state index is 14.6. The van der Waals surface area contributed by atoms with Crippen LogP contribution >= 0.6 is 11.6 Å². The molecule has 0 saturated carbocycles. The molecule has 0 bridgehead atoms. The standard InChI is InChI=1S/C51H58ClN11O11.C18H30N2O7/c1-25(2)42(56-27(4)64)47(67)60-33(11-8-14-54-50(53)70)45(65)59-32-10-7-9-28-20-34(58-43(28)32)46(66)57-31-12-13-36-29(19-31)21-38(73-36)48(68)63-24-30(23-52)40-35(63)22-37(74-51(71)62-17-15-61(5)16-18-62)44-41(40)39(26(3)55-44)49(69)72-6;1-2-8-24-10-12-26-14-15-27-13-11-25-9-6-19-16(21)5-7-20-17(22)3-4-18(20)23/h7,9-10,12-13,19-22,25,30,33,42,55,58H,8,11,14-18,23-24H2,1-6H3,(H,56,64)(H,57,66)(H,59,65)(H,60,67)(H3,53,54,70);3-4H,2,5-15H2,1H3,(H,19,21)/t30-,33+,42+;/m1./s1. The molecule has 101 heavy (non-hydrogen) atoms. The summed E-state index contributed by atoms with van der Waals surface area (Å²) in [6.07, 6.45) is 3.30. The van der Waals surface area contributed by atoms with Crippen LogP contribution in [0.5, 0.6) is 5.75 Å². The lowest BCUT2D eigenvalue weighted by Gasteiger charge is -2.31. The number of carbonyl (C=O) groups excluding carboxylic acids is 11. The Bertz CT molecular complexity index is 4010. The predicted octanol–water partition coefficient (Wildman–Crippen LogP) is 5.40. The molecule has 1 fully saturated rings. The summed E-state index contributed by atoms with van der Waals surface area (Å²) in [6, 6.07) is 12.0. The average molecular weight is 1420 g/mol. The van der Waals surface area contributed by atoms with Gasteiger partial charge in [-0.1, -0.05) is 32.9 Å². The molecule has 9 rings (SSSR count). The Labute approximate surface area is 587 Å². The summed E-state index contributed by atoms with van der Waals surface area (Å²) in [4.78, 5) is 152. The largest absolute Gasteiger partial charge is 0.465 e. The van der Waals surface area contributed by atoms with E-state index in [2.05, 4.69) is 53.7 Å². The molecule has 3 aliphatic rings. The third-order valence-corrected chi connectivity index (χ3v) is 17.1. The molecule has 0 spiro atoms. The number of piperazine rings is 1. The number of likely N-dealkylation sites (N-methyl/N-ethyl adjacent to an activating group) is 1. The van der Waals surface area contributed by atoms with Crippen molar-refractivity contribution >= 4 is 127 Å². The number of fused-ring (bicyclic) bond motifs is 5. The number of nitrogens with one attached hydrogen (secondary N) is 8. The Kier molecular flexibility index (Phi) is 28.1. The zero-order valence-electron chi connectivity index (χ0n) is 57.6. The van der Waals surface area contributed by atoms with Gasteiger partial charge >= 0.3 is 18.1 Å². The highest BCUT2D eigenvalue weighted by Crippen LogP contribution is 2.48. The summed E-state index contributed by atoms with van der Waals surface area (Å²) in [5.41, 5.74) is 8.92. The second-order valence-electron chi connectivity index (χ2n) is 24.5. The minimum absolute atomic E-state index is 0.0269. The van der Waals surface area contributed by atoms with Gasteiger partial charge in [-0.05, 0) is 81.1 Å². The fourth-order valence-corrected chi connectivity index (χ4v) is 11.8. The molecule has 10 N–H and O–H groups in total. The van der Waals surface area contributed by atoms with Crippen molar-refractivity contribution < 1.29 is 85.6 Å². The van der Waals surface area contributed by atoms with Crippen LogP contribution in [0.1, 0.15) is 102 Å². The van der Waals surface area contributed by atoms with Gasteiger partial charge < -0.3 is 95.1 Å². The predicted molar refractivity (Wildman–Crippen MR) is 374 cm³/mol. The number of benzene rings is 3. The van der Waals surface area contributed by atoms with Crippen molar-refractivity contribution in [1.82, 2.24) is 45.9 Å². The molecule has 6 aromatic rings.